The first-order valence-corrected chi connectivity index (χ1v) is 8.25. The van der Waals surface area contributed by atoms with Gasteiger partial charge in [-0.05, 0) is 36.4 Å². The van der Waals surface area contributed by atoms with Crippen LogP contribution >= 0.6 is 46.4 Å². The van der Waals surface area contributed by atoms with Crippen molar-refractivity contribution in [2.24, 2.45) is 0 Å². The number of halogens is 4. The number of carbonyl (C=O) groups is 1. The van der Waals surface area contributed by atoms with Crippen LogP contribution in [0.4, 0.5) is 0 Å². The van der Waals surface area contributed by atoms with E-state index in [1.54, 1.807) is 55.6 Å². The summed E-state index contributed by atoms with van der Waals surface area (Å²) in [5.74, 6) is 0.518. The fraction of sp³-hybridized carbons (Fsp3) is 0.188. The second-order valence-electron chi connectivity index (χ2n) is 4.67. The average Bonchev–Trinajstić information content (AvgIpc) is 2.54. The van der Waals surface area contributed by atoms with Crippen molar-refractivity contribution in [1.29, 1.82) is 0 Å². The molecular weight excluding hydrogens is 396 g/mol. The third-order valence-electron chi connectivity index (χ3n) is 2.99. The number of methoxy groups -OCH3 is 1. The first kappa shape index (κ1) is 19.0. The summed E-state index contributed by atoms with van der Waals surface area (Å²) in [5.41, 5.74) is 0.247. The molecule has 1 N–H and O–H groups in total. The van der Waals surface area contributed by atoms with E-state index in [9.17, 15) is 4.79 Å². The Morgan fingerprint density at radius 1 is 1.04 bits per heavy atom. The molecule has 0 aromatic heterocycles. The van der Waals surface area contributed by atoms with E-state index in [2.05, 4.69) is 5.32 Å². The number of hydrogen-bond acceptors (Lipinski definition) is 3. The van der Waals surface area contributed by atoms with E-state index in [-0.39, 0.29) is 10.6 Å². The molecule has 4 nitrogen and oxygen atoms in total. The zero-order chi connectivity index (χ0) is 17.7. The topological polar surface area (TPSA) is 47.6 Å². The van der Waals surface area contributed by atoms with Gasteiger partial charge in [-0.25, -0.2) is 0 Å². The molecule has 1 unspecified atom stereocenters. The van der Waals surface area contributed by atoms with E-state index in [0.717, 1.165) is 0 Å². The van der Waals surface area contributed by atoms with Gasteiger partial charge in [0.05, 0.1) is 17.7 Å². The van der Waals surface area contributed by atoms with Gasteiger partial charge in [-0.1, -0.05) is 58.5 Å². The molecule has 0 heterocycles. The van der Waals surface area contributed by atoms with E-state index in [1.165, 1.54) is 0 Å². The summed E-state index contributed by atoms with van der Waals surface area (Å²) in [5, 5.41) is 2.80. The summed E-state index contributed by atoms with van der Waals surface area (Å²) < 4.78 is 8.75. The van der Waals surface area contributed by atoms with Crippen LogP contribution in [0.1, 0.15) is 10.4 Å². The van der Waals surface area contributed by atoms with Gasteiger partial charge >= 0.3 is 0 Å². The maximum Gasteiger partial charge on any atom is 0.255 e. The minimum absolute atomic E-state index is 0.247. The lowest BCUT2D eigenvalue weighted by Crippen LogP contribution is -2.47. The smallest absolute Gasteiger partial charge is 0.255 e. The van der Waals surface area contributed by atoms with Gasteiger partial charge in [-0.15, -0.1) is 0 Å². The first-order chi connectivity index (χ1) is 11.3. The summed E-state index contributed by atoms with van der Waals surface area (Å²) in [6.45, 7) is 0. The molecule has 0 radical (unpaired) electrons. The largest absolute Gasteiger partial charge is 0.497 e. The Morgan fingerprint density at radius 3 is 2.17 bits per heavy atom. The van der Waals surface area contributed by atoms with Crippen LogP contribution in [-0.4, -0.2) is 23.0 Å². The highest BCUT2D eigenvalue weighted by Crippen LogP contribution is 2.32. The summed E-state index contributed by atoms with van der Waals surface area (Å²) in [7, 11) is 1.55. The molecule has 24 heavy (non-hydrogen) atoms. The molecule has 0 aliphatic rings. The maximum atomic E-state index is 12.3. The third kappa shape index (κ3) is 5.08. The number of nitrogens with one attached hydrogen (secondary N) is 1. The van der Waals surface area contributed by atoms with Crippen molar-refractivity contribution >= 4 is 52.3 Å². The van der Waals surface area contributed by atoms with Crippen LogP contribution < -0.4 is 14.8 Å². The van der Waals surface area contributed by atoms with Crippen LogP contribution in [0.5, 0.6) is 11.5 Å². The molecular formula is C16H13Cl4NO3. The summed E-state index contributed by atoms with van der Waals surface area (Å²) in [4.78, 5) is 12.3. The number of carbonyl (C=O) groups excluding carboxylic acids is 1. The predicted molar refractivity (Wildman–Crippen MR) is 96.6 cm³/mol. The lowest BCUT2D eigenvalue weighted by atomic mass is 10.2. The molecule has 0 saturated carbocycles. The minimum atomic E-state index is -1.89. The van der Waals surface area contributed by atoms with Crippen molar-refractivity contribution in [2.75, 3.05) is 7.11 Å². The van der Waals surface area contributed by atoms with Crippen molar-refractivity contribution in [3.8, 4) is 11.5 Å². The van der Waals surface area contributed by atoms with Gasteiger partial charge in [0.15, 0.2) is 0 Å². The van der Waals surface area contributed by atoms with E-state index < -0.39 is 15.9 Å². The molecule has 0 fully saturated rings. The molecule has 2 aromatic rings. The van der Waals surface area contributed by atoms with Crippen molar-refractivity contribution in [2.45, 2.75) is 10.0 Å². The highest BCUT2D eigenvalue weighted by Gasteiger charge is 2.36. The first-order valence-electron chi connectivity index (χ1n) is 6.74. The van der Waals surface area contributed by atoms with E-state index in [4.69, 9.17) is 55.9 Å². The SMILES string of the molecule is COc1ccc(OC(NC(=O)c2ccccc2Cl)C(Cl)(Cl)Cl)cc1. The van der Waals surface area contributed by atoms with E-state index in [1.807, 2.05) is 0 Å². The van der Waals surface area contributed by atoms with Gasteiger partial charge in [0, 0.05) is 0 Å². The van der Waals surface area contributed by atoms with Crippen LogP contribution in [0.15, 0.2) is 48.5 Å². The van der Waals surface area contributed by atoms with Gasteiger partial charge in [0.25, 0.3) is 5.91 Å². The van der Waals surface area contributed by atoms with Crippen LogP contribution in [-0.2, 0) is 0 Å². The minimum Gasteiger partial charge on any atom is -0.497 e. The van der Waals surface area contributed by atoms with Crippen molar-refractivity contribution in [1.82, 2.24) is 5.32 Å². The monoisotopic (exact) mass is 407 g/mol. The second kappa shape index (κ2) is 8.17. The van der Waals surface area contributed by atoms with Crippen LogP contribution in [0.2, 0.25) is 5.02 Å². The highest BCUT2D eigenvalue weighted by atomic mass is 35.6. The molecule has 128 valence electrons. The Morgan fingerprint density at radius 2 is 1.62 bits per heavy atom. The molecule has 0 bridgehead atoms. The zero-order valence-electron chi connectivity index (χ0n) is 12.4. The van der Waals surface area contributed by atoms with Gasteiger partial charge in [0.2, 0.25) is 10.0 Å². The van der Waals surface area contributed by atoms with Crippen molar-refractivity contribution in [3.63, 3.8) is 0 Å². The van der Waals surface area contributed by atoms with Crippen LogP contribution in [0.25, 0.3) is 0 Å². The maximum absolute atomic E-state index is 12.3. The Hall–Kier alpha value is -1.33. The van der Waals surface area contributed by atoms with E-state index >= 15 is 0 Å². The number of hydrogen-bond donors (Lipinski definition) is 1. The van der Waals surface area contributed by atoms with Crippen molar-refractivity contribution in [3.05, 3.63) is 59.1 Å². The molecule has 2 rings (SSSR count). The number of alkyl halides is 3. The normalized spacial score (nSPS) is 12.4. The van der Waals surface area contributed by atoms with Gasteiger partial charge in [-0.3, -0.25) is 4.79 Å². The van der Waals surface area contributed by atoms with Crippen LogP contribution in [0.3, 0.4) is 0 Å². The molecule has 8 heteroatoms. The number of ether oxygens (including phenoxy) is 2. The number of benzene rings is 2. The molecule has 2 aromatic carbocycles. The average molecular weight is 409 g/mol. The standard InChI is InChI=1S/C16H13Cl4NO3/c1-23-10-6-8-11(9-7-10)24-15(16(18,19)20)21-14(22)12-4-2-3-5-13(12)17/h2-9,15H,1H3,(H,21,22). The molecule has 0 aliphatic heterocycles. The molecule has 0 spiro atoms. The fourth-order valence-electron chi connectivity index (χ4n) is 1.81. The lowest BCUT2D eigenvalue weighted by Gasteiger charge is -2.26. The van der Waals surface area contributed by atoms with Crippen LogP contribution in [0, 0.1) is 0 Å². The number of rotatable bonds is 5. The van der Waals surface area contributed by atoms with E-state index in [0.29, 0.717) is 11.5 Å². The molecule has 1 amide bonds. The molecule has 0 saturated heterocycles. The molecule has 0 aliphatic carbocycles. The van der Waals surface area contributed by atoms with Gasteiger partial charge < -0.3 is 14.8 Å². The lowest BCUT2D eigenvalue weighted by molar-refractivity contribution is 0.0833. The predicted octanol–water partition coefficient (Wildman–Crippen LogP) is 4.85. The highest BCUT2D eigenvalue weighted by molar-refractivity contribution is 6.68. The fourth-order valence-corrected chi connectivity index (χ4v) is 2.33. The Kier molecular flexibility index (Phi) is 6.47. The van der Waals surface area contributed by atoms with Crippen molar-refractivity contribution < 1.29 is 14.3 Å². The third-order valence-corrected chi connectivity index (χ3v) is 3.92. The van der Waals surface area contributed by atoms with Gasteiger partial charge in [0.1, 0.15) is 11.5 Å². The number of amides is 1. The Labute approximate surface area is 159 Å². The molecule has 1 atom stereocenters. The Bertz CT molecular complexity index is 701. The quantitative estimate of drug-likeness (QED) is 0.567. The summed E-state index contributed by atoms with van der Waals surface area (Å²) >= 11 is 23.7. The Balaban J connectivity index is 2.16. The van der Waals surface area contributed by atoms with Gasteiger partial charge in [-0.2, -0.15) is 0 Å². The summed E-state index contributed by atoms with van der Waals surface area (Å²) in [6, 6.07) is 13.1. The zero-order valence-corrected chi connectivity index (χ0v) is 15.5. The summed E-state index contributed by atoms with van der Waals surface area (Å²) in [6.07, 6.45) is -1.22. The second-order valence-corrected chi connectivity index (χ2v) is 7.44.